The molecular formula is C10H17Cl2N3O3. The van der Waals surface area contributed by atoms with Crippen LogP contribution in [0, 0.1) is 22.0 Å². The molecule has 1 aliphatic heterocycles. The molecule has 1 rings (SSSR count). The summed E-state index contributed by atoms with van der Waals surface area (Å²) in [5, 5.41) is 13.5. The molecule has 0 aromatic rings. The van der Waals surface area contributed by atoms with Crippen molar-refractivity contribution in [2.45, 2.75) is 18.3 Å². The van der Waals surface area contributed by atoms with Gasteiger partial charge in [0, 0.05) is 25.6 Å². The van der Waals surface area contributed by atoms with Crippen LogP contribution in [0.1, 0.15) is 13.8 Å². The number of alkyl halides is 2. The molecule has 1 N–H and O–H groups in total. The predicted octanol–water partition coefficient (Wildman–Crippen LogP) is 1.69. The van der Waals surface area contributed by atoms with Crippen molar-refractivity contribution in [1.29, 1.82) is 0 Å². The van der Waals surface area contributed by atoms with Crippen molar-refractivity contribution < 1.29 is 9.66 Å². The van der Waals surface area contributed by atoms with Crippen LogP contribution in [-0.2, 0) is 4.74 Å². The fraction of sp³-hybridized carbons (Fsp3) is 0.900. The molecule has 2 unspecified atom stereocenters. The van der Waals surface area contributed by atoms with E-state index in [4.69, 9.17) is 27.9 Å². The number of ether oxygens (including phenoxy) is 1. The van der Waals surface area contributed by atoms with Crippen LogP contribution >= 0.6 is 23.2 Å². The number of hydrogen-bond donors (Lipinski definition) is 1. The van der Waals surface area contributed by atoms with E-state index in [1.807, 2.05) is 0 Å². The molecular weight excluding hydrogens is 281 g/mol. The zero-order chi connectivity index (χ0) is 13.8. The summed E-state index contributed by atoms with van der Waals surface area (Å²) in [6.45, 7) is 6.03. The van der Waals surface area contributed by atoms with Gasteiger partial charge in [0.25, 0.3) is 0 Å². The number of nitro groups is 1. The number of rotatable bonds is 5. The Morgan fingerprint density at radius 1 is 1.61 bits per heavy atom. The van der Waals surface area contributed by atoms with Gasteiger partial charge in [-0.3, -0.25) is 15.1 Å². The number of halogens is 2. The molecule has 0 aliphatic carbocycles. The Morgan fingerprint density at radius 3 is 2.72 bits per heavy atom. The van der Waals surface area contributed by atoms with Crippen molar-refractivity contribution in [2.24, 2.45) is 16.8 Å². The second-order valence-corrected chi connectivity index (χ2v) is 5.58. The smallest absolute Gasteiger partial charge is 0.381 e. The molecule has 2 atom stereocenters. The Bertz CT molecular complexity index is 336. The Morgan fingerprint density at radius 2 is 2.28 bits per heavy atom. The summed E-state index contributed by atoms with van der Waals surface area (Å²) in [6.07, 6.45) is 0. The minimum absolute atomic E-state index is 0.0163. The fourth-order valence-electron chi connectivity index (χ4n) is 1.66. The van der Waals surface area contributed by atoms with Gasteiger partial charge in [-0.2, -0.15) is 0 Å². The van der Waals surface area contributed by atoms with Gasteiger partial charge in [0.2, 0.25) is 5.84 Å². The van der Waals surface area contributed by atoms with Gasteiger partial charge in [0.15, 0.2) is 0 Å². The fourth-order valence-corrected chi connectivity index (χ4v) is 1.91. The summed E-state index contributed by atoms with van der Waals surface area (Å²) >= 11 is 11.4. The molecule has 0 saturated carbocycles. The normalized spacial score (nSPS) is 25.2. The molecule has 8 heteroatoms. The zero-order valence-electron chi connectivity index (χ0n) is 10.4. The number of nitrogens with zero attached hydrogens (tertiary/aromatic N) is 2. The molecule has 0 bridgehead atoms. The number of hydrogen-bond acceptors (Lipinski definition) is 4. The third-order valence-corrected chi connectivity index (χ3v) is 3.49. The summed E-state index contributed by atoms with van der Waals surface area (Å²) in [5.41, 5.74) is 0. The largest absolute Gasteiger partial charge is 0.427 e. The van der Waals surface area contributed by atoms with Crippen molar-refractivity contribution in [3.63, 3.8) is 0 Å². The minimum atomic E-state index is -2.22. The second-order valence-electron chi connectivity index (χ2n) is 4.29. The van der Waals surface area contributed by atoms with Crippen LogP contribution in [0.3, 0.4) is 0 Å². The quantitative estimate of drug-likeness (QED) is 0.209. The first-order valence-electron chi connectivity index (χ1n) is 5.78. The topological polar surface area (TPSA) is 76.8 Å². The van der Waals surface area contributed by atoms with Crippen LogP contribution < -0.4 is 5.32 Å². The van der Waals surface area contributed by atoms with Crippen molar-refractivity contribution in [2.75, 3.05) is 26.3 Å². The van der Waals surface area contributed by atoms with E-state index in [9.17, 15) is 10.1 Å². The van der Waals surface area contributed by atoms with Gasteiger partial charge >= 0.3 is 4.46 Å². The Kier molecular flexibility index (Phi) is 5.62. The van der Waals surface area contributed by atoms with Crippen LogP contribution in [-0.4, -0.2) is 41.5 Å². The van der Waals surface area contributed by atoms with Gasteiger partial charge < -0.3 is 10.1 Å². The van der Waals surface area contributed by atoms with Gasteiger partial charge in [-0.15, -0.1) is 0 Å². The standard InChI is InChI=1S/C10H17Cl2N3O3/c1-3-13-9(10(11,12)15(16)17)14-4-8-6-18-5-7(8)2/h7-8H,3-6H2,1-2H3,(H,13,14). The van der Waals surface area contributed by atoms with E-state index in [1.165, 1.54) is 0 Å². The molecule has 1 heterocycles. The molecule has 0 aromatic carbocycles. The third kappa shape index (κ3) is 3.70. The zero-order valence-corrected chi connectivity index (χ0v) is 11.9. The molecule has 1 aliphatic rings. The van der Waals surface area contributed by atoms with Gasteiger partial charge in [0.05, 0.1) is 11.5 Å². The Labute approximate surface area is 116 Å². The summed E-state index contributed by atoms with van der Waals surface area (Å²) < 4.78 is 3.08. The van der Waals surface area contributed by atoms with Crippen molar-refractivity contribution in [1.82, 2.24) is 5.32 Å². The average molecular weight is 298 g/mol. The van der Waals surface area contributed by atoms with Crippen molar-refractivity contribution in [3.05, 3.63) is 10.1 Å². The van der Waals surface area contributed by atoms with E-state index < -0.39 is 9.38 Å². The lowest BCUT2D eigenvalue weighted by Gasteiger charge is -2.16. The summed E-state index contributed by atoms with van der Waals surface area (Å²) in [7, 11) is 0. The summed E-state index contributed by atoms with van der Waals surface area (Å²) in [4.78, 5) is 14.2. The lowest BCUT2D eigenvalue weighted by Crippen LogP contribution is -2.44. The van der Waals surface area contributed by atoms with Crippen LogP contribution in [0.4, 0.5) is 0 Å². The highest BCUT2D eigenvalue weighted by molar-refractivity contribution is 6.57. The molecule has 1 saturated heterocycles. The number of aliphatic imine (C=N–C) groups is 1. The summed E-state index contributed by atoms with van der Waals surface area (Å²) in [5.74, 6) is 0.610. The number of amidine groups is 1. The monoisotopic (exact) mass is 297 g/mol. The summed E-state index contributed by atoms with van der Waals surface area (Å²) in [6, 6.07) is 0. The molecule has 0 amide bonds. The van der Waals surface area contributed by atoms with Gasteiger partial charge in [-0.1, -0.05) is 6.92 Å². The molecule has 104 valence electrons. The highest BCUT2D eigenvalue weighted by Crippen LogP contribution is 2.24. The Balaban J connectivity index is 2.74. The maximum absolute atomic E-state index is 10.8. The molecule has 6 nitrogen and oxygen atoms in total. The number of likely N-dealkylation sites (N-methyl/N-ethyl adjacent to an activating group) is 1. The van der Waals surface area contributed by atoms with Crippen LogP contribution in [0.2, 0.25) is 0 Å². The molecule has 0 aromatic heterocycles. The Hall–Kier alpha value is -0.590. The maximum atomic E-state index is 10.8. The first kappa shape index (κ1) is 15.5. The highest BCUT2D eigenvalue weighted by Gasteiger charge is 2.44. The first-order valence-corrected chi connectivity index (χ1v) is 6.54. The van der Waals surface area contributed by atoms with E-state index >= 15 is 0 Å². The van der Waals surface area contributed by atoms with Gasteiger partial charge in [-0.05, 0) is 36.0 Å². The molecule has 0 radical (unpaired) electrons. The van der Waals surface area contributed by atoms with E-state index in [-0.39, 0.29) is 11.8 Å². The third-order valence-electron chi connectivity index (χ3n) is 2.86. The number of nitrogens with one attached hydrogen (secondary N) is 1. The SMILES string of the molecule is CCNC(=NCC1COCC1C)C(Cl)(Cl)[N+](=O)[O-]. The van der Waals surface area contributed by atoms with E-state index in [2.05, 4.69) is 17.2 Å². The van der Waals surface area contributed by atoms with Crippen LogP contribution in [0.15, 0.2) is 4.99 Å². The molecule has 0 spiro atoms. The van der Waals surface area contributed by atoms with E-state index in [0.29, 0.717) is 32.2 Å². The average Bonchev–Trinajstić information content (AvgIpc) is 2.69. The molecule has 1 fully saturated rings. The van der Waals surface area contributed by atoms with E-state index in [0.717, 1.165) is 0 Å². The van der Waals surface area contributed by atoms with Gasteiger partial charge in [0.1, 0.15) is 0 Å². The van der Waals surface area contributed by atoms with Crippen LogP contribution in [0.5, 0.6) is 0 Å². The van der Waals surface area contributed by atoms with Gasteiger partial charge in [-0.25, -0.2) is 0 Å². The highest BCUT2D eigenvalue weighted by atomic mass is 35.5. The maximum Gasteiger partial charge on any atom is 0.427 e. The predicted molar refractivity (Wildman–Crippen MR) is 70.9 cm³/mol. The lowest BCUT2D eigenvalue weighted by molar-refractivity contribution is -0.497. The first-order chi connectivity index (χ1) is 8.39. The van der Waals surface area contributed by atoms with E-state index in [1.54, 1.807) is 6.92 Å². The second kappa shape index (κ2) is 6.54. The lowest BCUT2D eigenvalue weighted by atomic mass is 9.99. The van der Waals surface area contributed by atoms with Crippen molar-refractivity contribution in [3.8, 4) is 0 Å². The molecule has 18 heavy (non-hydrogen) atoms. The minimum Gasteiger partial charge on any atom is -0.381 e. The van der Waals surface area contributed by atoms with Crippen LogP contribution in [0.25, 0.3) is 0 Å². The van der Waals surface area contributed by atoms with Crippen molar-refractivity contribution >= 4 is 29.0 Å².